The highest BCUT2D eigenvalue weighted by molar-refractivity contribution is 7.91. The number of sulfone groups is 1. The van der Waals surface area contributed by atoms with Crippen LogP contribution in [0, 0.1) is 0 Å². The molecule has 4 heteroatoms. The molecule has 0 unspecified atom stereocenters. The van der Waals surface area contributed by atoms with E-state index in [4.69, 9.17) is 0 Å². The van der Waals surface area contributed by atoms with E-state index in [9.17, 15) is 13.2 Å². The summed E-state index contributed by atoms with van der Waals surface area (Å²) < 4.78 is 21.1. The fourth-order valence-corrected chi connectivity index (χ4v) is 1.37. The smallest absolute Gasteiger partial charge is 0.154 e. The average molecular weight is 176 g/mol. The van der Waals surface area contributed by atoms with Crippen molar-refractivity contribution in [2.45, 2.75) is 13.3 Å². The molecule has 0 spiro atoms. The van der Waals surface area contributed by atoms with Gasteiger partial charge in [0.1, 0.15) is 5.75 Å². The van der Waals surface area contributed by atoms with Crippen LogP contribution in [-0.2, 0) is 14.6 Å². The summed E-state index contributed by atoms with van der Waals surface area (Å²) >= 11 is 0. The lowest BCUT2D eigenvalue weighted by Crippen LogP contribution is -2.14. The molecule has 0 N–H and O–H groups in total. The van der Waals surface area contributed by atoms with E-state index in [2.05, 4.69) is 6.58 Å². The molecule has 0 bridgehead atoms. The van der Waals surface area contributed by atoms with Crippen molar-refractivity contribution < 1.29 is 13.2 Å². The summed E-state index contributed by atoms with van der Waals surface area (Å²) in [5.41, 5.74) is 0.693. The fourth-order valence-electron chi connectivity index (χ4n) is 0.680. The Morgan fingerprint density at radius 1 is 1.45 bits per heavy atom. The minimum Gasteiger partial charge on any atom is -0.298 e. The summed E-state index contributed by atoms with van der Waals surface area (Å²) in [5, 5.41) is 0. The molecule has 0 aliphatic rings. The highest BCUT2D eigenvalue weighted by Gasteiger charge is 2.09. The number of ketones is 1. The van der Waals surface area contributed by atoms with Gasteiger partial charge in [0.05, 0.1) is 0 Å². The molecule has 0 saturated carbocycles. The van der Waals surface area contributed by atoms with Crippen LogP contribution in [0.2, 0.25) is 0 Å². The Balaban J connectivity index is 4.01. The molecule has 0 aromatic rings. The van der Waals surface area contributed by atoms with Crippen LogP contribution in [0.25, 0.3) is 0 Å². The topological polar surface area (TPSA) is 51.2 Å². The quantitative estimate of drug-likeness (QED) is 0.588. The van der Waals surface area contributed by atoms with E-state index < -0.39 is 9.84 Å². The number of carbonyl (C=O) groups excluding carboxylic acids is 1. The number of carbonyl (C=O) groups is 1. The number of rotatable bonds is 4. The van der Waals surface area contributed by atoms with Crippen LogP contribution in [0.3, 0.4) is 0 Å². The van der Waals surface area contributed by atoms with Crippen molar-refractivity contribution in [1.29, 1.82) is 0 Å². The number of Topliss-reactive ketones (excluding diaryl/α,β-unsaturated/α-hetero) is 1. The predicted octanol–water partition coefficient (Wildman–Crippen LogP) is 0.566. The van der Waals surface area contributed by atoms with Crippen LogP contribution >= 0.6 is 0 Å². The summed E-state index contributed by atoms with van der Waals surface area (Å²) in [5.74, 6) is -0.667. The lowest BCUT2D eigenvalue weighted by atomic mass is 10.2. The molecule has 3 nitrogen and oxygen atoms in total. The molecule has 0 heterocycles. The average Bonchev–Trinajstić information content (AvgIpc) is 1.53. The lowest BCUT2D eigenvalue weighted by molar-refractivity contribution is -0.116. The molecule has 0 aromatic carbocycles. The Labute approximate surface area is 67.0 Å². The first-order valence-electron chi connectivity index (χ1n) is 3.15. The second-order valence-electron chi connectivity index (χ2n) is 2.74. The third-order valence-corrected chi connectivity index (χ3v) is 1.77. The lowest BCUT2D eigenvalue weighted by Gasteiger charge is -1.96. The van der Waals surface area contributed by atoms with E-state index in [1.807, 2.05) is 0 Å². The summed E-state index contributed by atoms with van der Waals surface area (Å²) in [6.45, 7) is 5.20. The molecule has 0 rings (SSSR count). The molecule has 11 heavy (non-hydrogen) atoms. The molecular weight excluding hydrogens is 164 g/mol. The highest BCUT2D eigenvalue weighted by atomic mass is 32.2. The Hall–Kier alpha value is -0.640. The maximum atomic E-state index is 10.8. The summed E-state index contributed by atoms with van der Waals surface area (Å²) in [7, 11) is -3.16. The zero-order chi connectivity index (χ0) is 9.07. The van der Waals surface area contributed by atoms with E-state index in [-0.39, 0.29) is 18.0 Å². The molecule has 0 aliphatic carbocycles. The van der Waals surface area contributed by atoms with E-state index in [1.165, 1.54) is 0 Å². The SMILES string of the molecule is C=C(C)CC(=O)CS(C)(=O)=O. The van der Waals surface area contributed by atoms with Crippen molar-refractivity contribution in [1.82, 2.24) is 0 Å². The second-order valence-corrected chi connectivity index (χ2v) is 4.88. The van der Waals surface area contributed by atoms with Crippen molar-refractivity contribution >= 4 is 15.6 Å². The van der Waals surface area contributed by atoms with Crippen LogP contribution in [0.5, 0.6) is 0 Å². The van der Waals surface area contributed by atoms with Gasteiger partial charge in [-0.2, -0.15) is 0 Å². The minimum atomic E-state index is -3.16. The van der Waals surface area contributed by atoms with Crippen molar-refractivity contribution in [3.8, 4) is 0 Å². The van der Waals surface area contributed by atoms with Gasteiger partial charge in [0.25, 0.3) is 0 Å². The first-order valence-corrected chi connectivity index (χ1v) is 5.21. The van der Waals surface area contributed by atoms with Crippen molar-refractivity contribution in [3.05, 3.63) is 12.2 Å². The maximum Gasteiger partial charge on any atom is 0.154 e. The van der Waals surface area contributed by atoms with Crippen LogP contribution in [0.4, 0.5) is 0 Å². The van der Waals surface area contributed by atoms with E-state index in [0.717, 1.165) is 6.26 Å². The van der Waals surface area contributed by atoms with Gasteiger partial charge in [-0.1, -0.05) is 12.2 Å². The third-order valence-electron chi connectivity index (χ3n) is 0.922. The summed E-state index contributed by atoms with van der Waals surface area (Å²) in [6.07, 6.45) is 1.20. The molecule has 0 atom stereocenters. The van der Waals surface area contributed by atoms with Crippen LogP contribution in [0.15, 0.2) is 12.2 Å². The normalized spacial score (nSPS) is 11.1. The van der Waals surface area contributed by atoms with Crippen molar-refractivity contribution in [3.63, 3.8) is 0 Å². The second kappa shape index (κ2) is 3.67. The van der Waals surface area contributed by atoms with Crippen LogP contribution in [0.1, 0.15) is 13.3 Å². The number of hydrogen-bond acceptors (Lipinski definition) is 3. The van der Waals surface area contributed by atoms with Gasteiger partial charge in [-0.05, 0) is 6.92 Å². The van der Waals surface area contributed by atoms with Gasteiger partial charge in [0, 0.05) is 12.7 Å². The Morgan fingerprint density at radius 3 is 2.18 bits per heavy atom. The van der Waals surface area contributed by atoms with Crippen molar-refractivity contribution in [2.24, 2.45) is 0 Å². The zero-order valence-corrected chi connectivity index (χ0v) is 7.57. The van der Waals surface area contributed by atoms with Gasteiger partial charge in [-0.25, -0.2) is 8.42 Å². The Bertz CT molecular complexity index is 261. The molecule has 0 saturated heterocycles. The monoisotopic (exact) mass is 176 g/mol. The molecule has 0 fully saturated rings. The van der Waals surface area contributed by atoms with Gasteiger partial charge in [-0.15, -0.1) is 0 Å². The fraction of sp³-hybridized carbons (Fsp3) is 0.571. The van der Waals surface area contributed by atoms with Gasteiger partial charge < -0.3 is 0 Å². The highest BCUT2D eigenvalue weighted by Crippen LogP contribution is 1.98. The Kier molecular flexibility index (Phi) is 3.45. The molecule has 0 amide bonds. The summed E-state index contributed by atoms with van der Waals surface area (Å²) in [6, 6.07) is 0. The molecular formula is C7H12O3S. The molecule has 0 aliphatic heterocycles. The van der Waals surface area contributed by atoms with Gasteiger partial charge in [0.2, 0.25) is 0 Å². The van der Waals surface area contributed by atoms with Gasteiger partial charge >= 0.3 is 0 Å². The predicted molar refractivity (Wildman–Crippen MR) is 44.1 cm³/mol. The number of allylic oxidation sites excluding steroid dienone is 1. The molecule has 0 radical (unpaired) electrons. The maximum absolute atomic E-state index is 10.8. The largest absolute Gasteiger partial charge is 0.298 e. The first kappa shape index (κ1) is 10.4. The third kappa shape index (κ3) is 7.25. The van der Waals surface area contributed by atoms with Crippen molar-refractivity contribution in [2.75, 3.05) is 12.0 Å². The van der Waals surface area contributed by atoms with Gasteiger partial charge in [-0.3, -0.25) is 4.79 Å². The first-order chi connectivity index (χ1) is 4.81. The standard InChI is InChI=1S/C7H12O3S/c1-6(2)4-7(8)5-11(3,9)10/h1,4-5H2,2-3H3. The minimum absolute atomic E-state index is 0.160. The van der Waals surface area contributed by atoms with Crippen LogP contribution in [-0.4, -0.2) is 26.2 Å². The van der Waals surface area contributed by atoms with E-state index in [1.54, 1.807) is 6.92 Å². The molecule has 64 valence electrons. The van der Waals surface area contributed by atoms with E-state index in [0.29, 0.717) is 5.57 Å². The van der Waals surface area contributed by atoms with E-state index >= 15 is 0 Å². The Morgan fingerprint density at radius 2 is 1.91 bits per heavy atom. The van der Waals surface area contributed by atoms with Crippen LogP contribution < -0.4 is 0 Å². The number of hydrogen-bond donors (Lipinski definition) is 0. The summed E-state index contributed by atoms with van der Waals surface area (Å²) in [4.78, 5) is 10.8. The van der Waals surface area contributed by atoms with Gasteiger partial charge in [0.15, 0.2) is 15.6 Å². The molecule has 0 aromatic heterocycles. The zero-order valence-electron chi connectivity index (χ0n) is 6.75.